The van der Waals surface area contributed by atoms with E-state index < -0.39 is 0 Å². The summed E-state index contributed by atoms with van der Waals surface area (Å²) in [6.07, 6.45) is 2.25. The van der Waals surface area contributed by atoms with Crippen molar-refractivity contribution in [3.05, 3.63) is 9.81 Å². The number of rotatable bonds is 3. The van der Waals surface area contributed by atoms with E-state index in [-0.39, 0.29) is 5.41 Å². The van der Waals surface area contributed by atoms with Crippen LogP contribution in [0, 0.1) is 5.41 Å². The topological polar surface area (TPSA) is 41.7 Å². The predicted octanol–water partition coefficient (Wildman–Crippen LogP) is 2.52. The van der Waals surface area contributed by atoms with Crippen molar-refractivity contribution in [1.29, 1.82) is 5.41 Å². The molecular weight excluding hydrogens is 194 g/mol. The molecule has 3 nitrogen and oxygen atoms in total. The zero-order chi connectivity index (χ0) is 10.8. The summed E-state index contributed by atoms with van der Waals surface area (Å²) in [5.74, 6) is 0. The second kappa shape index (κ2) is 4.26. The van der Waals surface area contributed by atoms with E-state index >= 15 is 0 Å². The van der Waals surface area contributed by atoms with Crippen LogP contribution >= 0.6 is 11.3 Å². The number of aromatic nitrogens is 2. The third kappa shape index (κ3) is 2.67. The second-order valence-corrected chi connectivity index (χ2v) is 5.52. The lowest BCUT2D eigenvalue weighted by atomic mass is 9.98. The van der Waals surface area contributed by atoms with Crippen LogP contribution in [-0.2, 0) is 12.0 Å². The zero-order valence-corrected chi connectivity index (χ0v) is 10.2. The summed E-state index contributed by atoms with van der Waals surface area (Å²) < 4.78 is 1.81. The largest absolute Gasteiger partial charge is 0.274 e. The van der Waals surface area contributed by atoms with E-state index in [1.54, 1.807) is 0 Å². The third-order valence-corrected chi connectivity index (χ3v) is 3.30. The first kappa shape index (κ1) is 11.4. The van der Waals surface area contributed by atoms with Gasteiger partial charge in [0.05, 0.1) is 0 Å². The normalized spacial score (nSPS) is 12.0. The van der Waals surface area contributed by atoms with Gasteiger partial charge < -0.3 is 0 Å². The molecule has 1 aromatic rings. The SMILES string of the molecule is CCCCn1nc(C(C)(C)C)sc1=N. The first-order chi connectivity index (χ1) is 6.45. The molecule has 4 heteroatoms. The van der Waals surface area contributed by atoms with Crippen molar-refractivity contribution in [3.63, 3.8) is 0 Å². The van der Waals surface area contributed by atoms with Gasteiger partial charge in [-0.3, -0.25) is 5.41 Å². The van der Waals surface area contributed by atoms with Crippen LogP contribution in [0.25, 0.3) is 0 Å². The molecule has 1 N–H and O–H groups in total. The van der Waals surface area contributed by atoms with Crippen LogP contribution < -0.4 is 4.80 Å². The summed E-state index contributed by atoms with van der Waals surface area (Å²) in [6.45, 7) is 9.43. The van der Waals surface area contributed by atoms with Crippen LogP contribution in [0.2, 0.25) is 0 Å². The van der Waals surface area contributed by atoms with Gasteiger partial charge in [0.25, 0.3) is 0 Å². The summed E-state index contributed by atoms with van der Waals surface area (Å²) in [6, 6.07) is 0. The minimum absolute atomic E-state index is 0.0674. The minimum atomic E-state index is 0.0674. The molecule has 0 aromatic carbocycles. The van der Waals surface area contributed by atoms with E-state index in [1.165, 1.54) is 11.3 Å². The number of hydrogen-bond donors (Lipinski definition) is 1. The van der Waals surface area contributed by atoms with E-state index in [4.69, 9.17) is 5.41 Å². The fourth-order valence-corrected chi connectivity index (χ4v) is 1.95. The summed E-state index contributed by atoms with van der Waals surface area (Å²) in [5, 5.41) is 13.3. The van der Waals surface area contributed by atoms with Crippen molar-refractivity contribution in [2.75, 3.05) is 0 Å². The average molecular weight is 213 g/mol. The molecule has 0 aliphatic carbocycles. The number of unbranched alkanes of at least 4 members (excludes halogenated alkanes) is 1. The van der Waals surface area contributed by atoms with Gasteiger partial charge in [-0.15, -0.1) is 0 Å². The van der Waals surface area contributed by atoms with E-state index in [2.05, 4.69) is 32.8 Å². The average Bonchev–Trinajstić information content (AvgIpc) is 2.43. The van der Waals surface area contributed by atoms with E-state index in [0.29, 0.717) is 4.80 Å². The van der Waals surface area contributed by atoms with Crippen LogP contribution in [0.15, 0.2) is 0 Å². The molecule has 0 atom stereocenters. The lowest BCUT2D eigenvalue weighted by Crippen LogP contribution is -2.16. The van der Waals surface area contributed by atoms with Crippen molar-refractivity contribution in [3.8, 4) is 0 Å². The van der Waals surface area contributed by atoms with Crippen LogP contribution in [0.3, 0.4) is 0 Å². The molecular formula is C10H19N3S. The maximum absolute atomic E-state index is 7.77. The molecule has 0 amide bonds. The quantitative estimate of drug-likeness (QED) is 0.823. The Morgan fingerprint density at radius 1 is 1.43 bits per heavy atom. The number of hydrogen-bond acceptors (Lipinski definition) is 3. The molecule has 0 unspecified atom stereocenters. The van der Waals surface area contributed by atoms with Gasteiger partial charge in [-0.2, -0.15) is 5.10 Å². The maximum Gasteiger partial charge on any atom is 0.200 e. The third-order valence-electron chi connectivity index (χ3n) is 2.00. The monoisotopic (exact) mass is 213 g/mol. The molecule has 0 aliphatic heterocycles. The highest BCUT2D eigenvalue weighted by atomic mass is 32.1. The predicted molar refractivity (Wildman–Crippen MR) is 59.6 cm³/mol. The Balaban J connectivity index is 2.88. The molecule has 0 spiro atoms. The first-order valence-electron chi connectivity index (χ1n) is 5.08. The Bertz CT molecular complexity index is 343. The molecule has 0 saturated carbocycles. The standard InChI is InChI=1S/C10H19N3S/c1-5-6-7-13-9(11)14-8(12-13)10(2,3)4/h11H,5-7H2,1-4H3. The van der Waals surface area contributed by atoms with E-state index in [1.807, 2.05) is 4.68 Å². The van der Waals surface area contributed by atoms with Crippen LogP contribution in [0.5, 0.6) is 0 Å². The lowest BCUT2D eigenvalue weighted by Gasteiger charge is -2.12. The van der Waals surface area contributed by atoms with Crippen molar-refractivity contribution < 1.29 is 0 Å². The fourth-order valence-electron chi connectivity index (χ4n) is 1.08. The smallest absolute Gasteiger partial charge is 0.200 e. The van der Waals surface area contributed by atoms with Crippen molar-refractivity contribution in [2.24, 2.45) is 0 Å². The van der Waals surface area contributed by atoms with Gasteiger partial charge in [0.2, 0.25) is 0 Å². The summed E-state index contributed by atoms with van der Waals surface area (Å²) >= 11 is 1.49. The molecule has 0 saturated heterocycles. The van der Waals surface area contributed by atoms with Gasteiger partial charge in [-0.1, -0.05) is 45.5 Å². The van der Waals surface area contributed by atoms with Crippen LogP contribution in [0.4, 0.5) is 0 Å². The number of nitrogens with zero attached hydrogens (tertiary/aromatic N) is 2. The Morgan fingerprint density at radius 2 is 2.07 bits per heavy atom. The molecule has 1 aromatic heterocycles. The fraction of sp³-hybridized carbons (Fsp3) is 0.800. The molecule has 0 radical (unpaired) electrons. The van der Waals surface area contributed by atoms with Gasteiger partial charge in [0.15, 0.2) is 4.80 Å². The van der Waals surface area contributed by atoms with E-state index in [0.717, 1.165) is 24.4 Å². The van der Waals surface area contributed by atoms with Gasteiger partial charge in [-0.05, 0) is 6.42 Å². The maximum atomic E-state index is 7.77. The van der Waals surface area contributed by atoms with Crippen LogP contribution in [-0.4, -0.2) is 9.78 Å². The minimum Gasteiger partial charge on any atom is -0.274 e. The van der Waals surface area contributed by atoms with E-state index in [9.17, 15) is 0 Å². The highest BCUT2D eigenvalue weighted by molar-refractivity contribution is 7.08. The van der Waals surface area contributed by atoms with Gasteiger partial charge >= 0.3 is 0 Å². The Morgan fingerprint density at radius 3 is 2.50 bits per heavy atom. The highest BCUT2D eigenvalue weighted by Gasteiger charge is 2.18. The molecule has 1 rings (SSSR count). The van der Waals surface area contributed by atoms with Crippen molar-refractivity contribution in [1.82, 2.24) is 9.78 Å². The molecule has 80 valence electrons. The first-order valence-corrected chi connectivity index (χ1v) is 5.90. The molecule has 1 heterocycles. The molecule has 0 fully saturated rings. The lowest BCUT2D eigenvalue weighted by molar-refractivity contribution is 0.509. The van der Waals surface area contributed by atoms with Crippen molar-refractivity contribution in [2.45, 2.75) is 52.5 Å². The van der Waals surface area contributed by atoms with Gasteiger partial charge in [0.1, 0.15) is 5.01 Å². The highest BCUT2D eigenvalue weighted by Crippen LogP contribution is 2.21. The summed E-state index contributed by atoms with van der Waals surface area (Å²) in [5.41, 5.74) is 0.0674. The second-order valence-electron chi connectivity index (χ2n) is 4.54. The van der Waals surface area contributed by atoms with Gasteiger partial charge in [0, 0.05) is 12.0 Å². The summed E-state index contributed by atoms with van der Waals surface area (Å²) in [4.78, 5) is 0.573. The van der Waals surface area contributed by atoms with Crippen LogP contribution in [0.1, 0.15) is 45.5 Å². The molecule has 0 aliphatic rings. The summed E-state index contributed by atoms with van der Waals surface area (Å²) in [7, 11) is 0. The Kier molecular flexibility index (Phi) is 3.48. The Hall–Kier alpha value is -0.640. The zero-order valence-electron chi connectivity index (χ0n) is 9.42. The Labute approximate surface area is 89.3 Å². The molecule has 14 heavy (non-hydrogen) atoms. The van der Waals surface area contributed by atoms with Crippen molar-refractivity contribution >= 4 is 11.3 Å². The molecule has 0 bridgehead atoms. The van der Waals surface area contributed by atoms with Gasteiger partial charge in [-0.25, -0.2) is 4.68 Å². The number of nitrogens with one attached hydrogen (secondary N) is 1. The number of aryl methyl sites for hydroxylation is 1.